The number of carbonyl (C=O) groups is 1. The second-order valence-electron chi connectivity index (χ2n) is 5.02. The SMILES string of the molecule is O=C(Cc1ccc2c(c1)OCCO2)OCc1c(Cl)cccc1Cl. The van der Waals surface area contributed by atoms with Gasteiger partial charge in [-0.25, -0.2) is 0 Å². The highest BCUT2D eigenvalue weighted by Gasteiger charge is 2.14. The van der Waals surface area contributed by atoms with Crippen LogP contribution in [0.2, 0.25) is 10.0 Å². The van der Waals surface area contributed by atoms with E-state index >= 15 is 0 Å². The molecule has 0 unspecified atom stereocenters. The molecule has 4 nitrogen and oxygen atoms in total. The van der Waals surface area contributed by atoms with Gasteiger partial charge in [-0.3, -0.25) is 4.79 Å². The average Bonchev–Trinajstić information content (AvgIpc) is 2.54. The highest BCUT2D eigenvalue weighted by molar-refractivity contribution is 6.35. The number of halogens is 2. The fraction of sp³-hybridized carbons (Fsp3) is 0.235. The molecular formula is C17H14Cl2O4. The Balaban J connectivity index is 1.61. The van der Waals surface area contributed by atoms with Gasteiger partial charge in [0.05, 0.1) is 6.42 Å². The predicted molar refractivity (Wildman–Crippen MR) is 87.4 cm³/mol. The van der Waals surface area contributed by atoms with Crippen molar-refractivity contribution in [3.8, 4) is 11.5 Å². The van der Waals surface area contributed by atoms with Crippen molar-refractivity contribution in [1.29, 1.82) is 0 Å². The van der Waals surface area contributed by atoms with Crippen molar-refractivity contribution in [2.75, 3.05) is 13.2 Å². The third-order valence-electron chi connectivity index (χ3n) is 3.39. The number of carbonyl (C=O) groups excluding carboxylic acids is 1. The Morgan fingerprint density at radius 2 is 1.74 bits per heavy atom. The zero-order valence-corrected chi connectivity index (χ0v) is 13.7. The maximum Gasteiger partial charge on any atom is 0.310 e. The van der Waals surface area contributed by atoms with Crippen molar-refractivity contribution in [2.24, 2.45) is 0 Å². The van der Waals surface area contributed by atoms with Crippen LogP contribution in [0.15, 0.2) is 36.4 Å². The maximum atomic E-state index is 12.0. The number of ether oxygens (including phenoxy) is 3. The molecule has 0 spiro atoms. The van der Waals surface area contributed by atoms with Crippen LogP contribution in [0, 0.1) is 0 Å². The molecule has 0 fully saturated rings. The summed E-state index contributed by atoms with van der Waals surface area (Å²) in [6.45, 7) is 1.08. The Labute approximate surface area is 143 Å². The first-order chi connectivity index (χ1) is 11.1. The smallest absolute Gasteiger partial charge is 0.310 e. The topological polar surface area (TPSA) is 44.8 Å². The Kier molecular flexibility index (Phi) is 4.94. The third-order valence-corrected chi connectivity index (χ3v) is 4.10. The molecule has 0 saturated carbocycles. The van der Waals surface area contributed by atoms with Crippen LogP contribution >= 0.6 is 23.2 Å². The molecule has 0 bridgehead atoms. The lowest BCUT2D eigenvalue weighted by Gasteiger charge is -2.18. The van der Waals surface area contributed by atoms with E-state index in [9.17, 15) is 4.79 Å². The van der Waals surface area contributed by atoms with E-state index in [1.165, 1.54) is 0 Å². The molecule has 0 aromatic heterocycles. The van der Waals surface area contributed by atoms with E-state index in [0.29, 0.717) is 40.3 Å². The first-order valence-electron chi connectivity index (χ1n) is 7.10. The Morgan fingerprint density at radius 1 is 1.04 bits per heavy atom. The molecule has 0 atom stereocenters. The molecule has 6 heteroatoms. The minimum atomic E-state index is -0.363. The summed E-state index contributed by atoms with van der Waals surface area (Å²) < 4.78 is 16.2. The van der Waals surface area contributed by atoms with Gasteiger partial charge in [-0.15, -0.1) is 0 Å². The first kappa shape index (κ1) is 16.0. The van der Waals surface area contributed by atoms with Gasteiger partial charge in [-0.2, -0.15) is 0 Å². The summed E-state index contributed by atoms with van der Waals surface area (Å²) in [6, 6.07) is 10.6. The van der Waals surface area contributed by atoms with E-state index in [0.717, 1.165) is 5.56 Å². The number of rotatable bonds is 4. The minimum Gasteiger partial charge on any atom is -0.486 e. The molecule has 0 radical (unpaired) electrons. The van der Waals surface area contributed by atoms with Gasteiger partial charge in [-0.05, 0) is 29.8 Å². The molecule has 2 aromatic carbocycles. The van der Waals surface area contributed by atoms with Crippen molar-refractivity contribution >= 4 is 29.2 Å². The quantitative estimate of drug-likeness (QED) is 0.778. The zero-order chi connectivity index (χ0) is 16.2. The van der Waals surface area contributed by atoms with Gasteiger partial charge < -0.3 is 14.2 Å². The summed E-state index contributed by atoms with van der Waals surface area (Å²) in [5.41, 5.74) is 1.40. The fourth-order valence-corrected chi connectivity index (χ4v) is 2.74. The molecule has 0 N–H and O–H groups in total. The summed E-state index contributed by atoms with van der Waals surface area (Å²) >= 11 is 12.1. The highest BCUT2D eigenvalue weighted by Crippen LogP contribution is 2.31. The van der Waals surface area contributed by atoms with Gasteiger partial charge in [-0.1, -0.05) is 35.3 Å². The van der Waals surface area contributed by atoms with E-state index < -0.39 is 0 Å². The lowest BCUT2D eigenvalue weighted by Crippen LogP contribution is -2.16. The normalized spacial score (nSPS) is 12.8. The zero-order valence-electron chi connectivity index (χ0n) is 12.2. The summed E-state index contributed by atoms with van der Waals surface area (Å²) in [5, 5.41) is 0.953. The number of esters is 1. The van der Waals surface area contributed by atoms with Crippen molar-refractivity contribution in [2.45, 2.75) is 13.0 Å². The molecule has 23 heavy (non-hydrogen) atoms. The molecular weight excluding hydrogens is 339 g/mol. The van der Waals surface area contributed by atoms with Crippen molar-refractivity contribution < 1.29 is 19.0 Å². The fourth-order valence-electron chi connectivity index (χ4n) is 2.24. The van der Waals surface area contributed by atoms with E-state index in [1.807, 2.05) is 6.07 Å². The molecule has 1 aliphatic rings. The Bertz CT molecular complexity index is 710. The first-order valence-corrected chi connectivity index (χ1v) is 7.86. The van der Waals surface area contributed by atoms with E-state index in [-0.39, 0.29) is 19.0 Å². The summed E-state index contributed by atoms with van der Waals surface area (Å²) in [7, 11) is 0. The summed E-state index contributed by atoms with van der Waals surface area (Å²) in [5.74, 6) is 0.976. The van der Waals surface area contributed by atoms with E-state index in [2.05, 4.69) is 0 Å². The number of hydrogen-bond donors (Lipinski definition) is 0. The monoisotopic (exact) mass is 352 g/mol. The van der Waals surface area contributed by atoms with E-state index in [1.54, 1.807) is 30.3 Å². The van der Waals surface area contributed by atoms with Crippen LogP contribution in [0.5, 0.6) is 11.5 Å². The van der Waals surface area contributed by atoms with Crippen molar-refractivity contribution in [1.82, 2.24) is 0 Å². The maximum absolute atomic E-state index is 12.0. The second-order valence-corrected chi connectivity index (χ2v) is 5.83. The van der Waals surface area contributed by atoms with Crippen LogP contribution in [0.25, 0.3) is 0 Å². The number of hydrogen-bond acceptors (Lipinski definition) is 4. The average molecular weight is 353 g/mol. The Morgan fingerprint density at radius 3 is 2.48 bits per heavy atom. The lowest BCUT2D eigenvalue weighted by molar-refractivity contribution is -0.144. The summed E-state index contributed by atoms with van der Waals surface area (Å²) in [4.78, 5) is 12.0. The standard InChI is InChI=1S/C17H14Cl2O4/c18-13-2-1-3-14(19)12(13)10-23-17(20)9-11-4-5-15-16(8-11)22-7-6-21-15/h1-5,8H,6-7,9-10H2. The van der Waals surface area contributed by atoms with Gasteiger partial charge in [0, 0.05) is 15.6 Å². The van der Waals surface area contributed by atoms with Gasteiger partial charge in [0.25, 0.3) is 0 Å². The molecule has 0 aliphatic carbocycles. The molecule has 1 aliphatic heterocycles. The van der Waals surface area contributed by atoms with Crippen LogP contribution in [0.4, 0.5) is 0 Å². The molecule has 3 rings (SSSR count). The molecule has 0 saturated heterocycles. The largest absolute Gasteiger partial charge is 0.486 e. The second kappa shape index (κ2) is 7.11. The van der Waals surface area contributed by atoms with Gasteiger partial charge in [0.1, 0.15) is 19.8 Å². The predicted octanol–water partition coefficient (Wildman–Crippen LogP) is 4.05. The van der Waals surface area contributed by atoms with Crippen molar-refractivity contribution in [3.05, 3.63) is 57.6 Å². The van der Waals surface area contributed by atoms with Crippen molar-refractivity contribution in [3.63, 3.8) is 0 Å². The van der Waals surface area contributed by atoms with E-state index in [4.69, 9.17) is 37.4 Å². The summed E-state index contributed by atoms with van der Waals surface area (Å²) in [6.07, 6.45) is 0.138. The molecule has 1 heterocycles. The van der Waals surface area contributed by atoms with Crippen LogP contribution in [0.3, 0.4) is 0 Å². The molecule has 2 aromatic rings. The van der Waals surface area contributed by atoms with Crippen LogP contribution in [0.1, 0.15) is 11.1 Å². The highest BCUT2D eigenvalue weighted by atomic mass is 35.5. The third kappa shape index (κ3) is 3.89. The van der Waals surface area contributed by atoms with Gasteiger partial charge in [0.15, 0.2) is 11.5 Å². The minimum absolute atomic E-state index is 0.0435. The number of fused-ring (bicyclic) bond motifs is 1. The lowest BCUT2D eigenvalue weighted by atomic mass is 10.1. The van der Waals surface area contributed by atoms with Gasteiger partial charge in [0.2, 0.25) is 0 Å². The number of benzene rings is 2. The Hall–Kier alpha value is -1.91. The van der Waals surface area contributed by atoms with Crippen LogP contribution in [-0.4, -0.2) is 19.2 Å². The van der Waals surface area contributed by atoms with Crippen LogP contribution in [-0.2, 0) is 22.6 Å². The molecule has 120 valence electrons. The van der Waals surface area contributed by atoms with Crippen LogP contribution < -0.4 is 9.47 Å². The van der Waals surface area contributed by atoms with Gasteiger partial charge >= 0.3 is 5.97 Å². The molecule has 0 amide bonds.